The number of amides is 1. The summed E-state index contributed by atoms with van der Waals surface area (Å²) in [5.41, 5.74) is 5.49. The lowest BCUT2D eigenvalue weighted by Gasteiger charge is -2.37. The highest BCUT2D eigenvalue weighted by molar-refractivity contribution is 6.45. The first kappa shape index (κ1) is 21.0. The first-order valence-corrected chi connectivity index (χ1v) is 11.0. The zero-order chi connectivity index (χ0) is 21.5. The minimum atomic E-state index is -0.473. The highest BCUT2D eigenvalue weighted by Gasteiger charge is 2.35. The van der Waals surface area contributed by atoms with Crippen LogP contribution in [-0.4, -0.2) is 42.5 Å². The molecule has 1 atom stereocenters. The number of nitrogens with zero attached hydrogens (tertiary/aromatic N) is 2. The molecule has 156 valence electrons. The number of carbonyl (C=O) groups excluding carboxylic acids is 1. The van der Waals surface area contributed by atoms with Gasteiger partial charge in [0.25, 0.3) is 0 Å². The fourth-order valence-corrected chi connectivity index (χ4v) is 4.81. The summed E-state index contributed by atoms with van der Waals surface area (Å²) in [6.07, 6.45) is 5.72. The maximum Gasteiger partial charge on any atom is 0.410 e. The number of piperidine rings is 1. The van der Waals surface area contributed by atoms with Crippen molar-refractivity contribution in [2.45, 2.75) is 45.1 Å². The van der Waals surface area contributed by atoms with Crippen LogP contribution >= 0.6 is 11.6 Å². The molecule has 0 saturated carbocycles. The van der Waals surface area contributed by atoms with Crippen LogP contribution in [0.2, 0.25) is 5.02 Å². The number of hydrogen-bond donors (Lipinski definition) is 0. The molecule has 4 rings (SSSR count). The first-order valence-electron chi connectivity index (χ1n) is 10.6. The van der Waals surface area contributed by atoms with Crippen molar-refractivity contribution >= 4 is 37.1 Å². The monoisotopic (exact) mass is 422 g/mol. The molecule has 1 aromatic heterocycles. The SMILES string of the molecule is BC1=Cc2cc(Cl)ccc2C(C2CCN(C(=O)OC(C)(C)C)CC2)c2ncccc21. The molecule has 2 aromatic rings. The molecule has 2 heterocycles. The summed E-state index contributed by atoms with van der Waals surface area (Å²) in [5.74, 6) is 0.583. The van der Waals surface area contributed by atoms with E-state index in [1.807, 2.05) is 44.0 Å². The molecule has 0 radical (unpaired) electrons. The van der Waals surface area contributed by atoms with E-state index in [-0.39, 0.29) is 12.0 Å². The van der Waals surface area contributed by atoms with Crippen molar-refractivity contribution in [1.29, 1.82) is 0 Å². The summed E-state index contributed by atoms with van der Waals surface area (Å²) in [4.78, 5) is 19.2. The standard InChI is InChI=1S/C24H28BClN2O2/c1-24(2,3)30-23(29)28-11-8-15(9-12-28)21-18-7-6-17(26)13-16(18)14-20(25)19-5-4-10-27-22(19)21/h4-7,10,13-15,21H,8-9,11-12,25H2,1-3H3. The quantitative estimate of drug-likeness (QED) is 0.610. The van der Waals surface area contributed by atoms with Gasteiger partial charge in [0.05, 0.1) is 5.69 Å². The Hall–Kier alpha value is -2.27. The van der Waals surface area contributed by atoms with E-state index < -0.39 is 5.60 Å². The van der Waals surface area contributed by atoms with Crippen molar-refractivity contribution < 1.29 is 9.53 Å². The zero-order valence-corrected chi connectivity index (χ0v) is 18.9. The number of aromatic nitrogens is 1. The fourth-order valence-electron chi connectivity index (χ4n) is 4.63. The molecule has 2 aliphatic rings. The summed E-state index contributed by atoms with van der Waals surface area (Å²) in [6, 6.07) is 10.3. The van der Waals surface area contributed by atoms with Crippen molar-refractivity contribution in [3.8, 4) is 0 Å². The molecule has 1 unspecified atom stereocenters. The molecule has 1 saturated heterocycles. The van der Waals surface area contributed by atoms with Crippen LogP contribution in [0.1, 0.15) is 61.9 Å². The van der Waals surface area contributed by atoms with Gasteiger partial charge in [0.2, 0.25) is 0 Å². The third-order valence-electron chi connectivity index (χ3n) is 5.98. The summed E-state index contributed by atoms with van der Waals surface area (Å²) >= 11 is 6.33. The van der Waals surface area contributed by atoms with Gasteiger partial charge >= 0.3 is 6.09 Å². The Bertz CT molecular complexity index is 991. The van der Waals surface area contributed by atoms with Crippen molar-refractivity contribution in [2.75, 3.05) is 13.1 Å². The third-order valence-corrected chi connectivity index (χ3v) is 6.21. The van der Waals surface area contributed by atoms with Gasteiger partial charge in [0.15, 0.2) is 0 Å². The molecular weight excluding hydrogens is 395 g/mol. The molecule has 6 heteroatoms. The Morgan fingerprint density at radius 1 is 1.23 bits per heavy atom. The number of carbonyl (C=O) groups is 1. The molecule has 0 spiro atoms. The minimum absolute atomic E-state index is 0.183. The van der Waals surface area contributed by atoms with E-state index in [1.165, 1.54) is 16.6 Å². The second kappa shape index (κ2) is 8.11. The Kier molecular flexibility index (Phi) is 5.67. The number of pyridine rings is 1. The van der Waals surface area contributed by atoms with Crippen LogP contribution < -0.4 is 0 Å². The van der Waals surface area contributed by atoms with Gasteiger partial charge in [-0.05, 0) is 74.4 Å². The highest BCUT2D eigenvalue weighted by atomic mass is 35.5. The molecule has 4 nitrogen and oxygen atoms in total. The second-order valence-corrected chi connectivity index (χ2v) is 9.76. The Morgan fingerprint density at radius 2 is 1.97 bits per heavy atom. The summed E-state index contributed by atoms with van der Waals surface area (Å²) in [6.45, 7) is 7.12. The van der Waals surface area contributed by atoms with Crippen LogP contribution in [0.3, 0.4) is 0 Å². The molecule has 1 fully saturated rings. The van der Waals surface area contributed by atoms with Crippen LogP contribution in [0, 0.1) is 5.92 Å². The average molecular weight is 423 g/mol. The molecule has 0 N–H and O–H groups in total. The second-order valence-electron chi connectivity index (χ2n) is 9.32. The van der Waals surface area contributed by atoms with E-state index in [0.29, 0.717) is 19.0 Å². The van der Waals surface area contributed by atoms with Crippen LogP contribution in [0.4, 0.5) is 4.79 Å². The maximum atomic E-state index is 12.5. The fraction of sp³-hybridized carbons (Fsp3) is 0.417. The molecule has 1 aliphatic carbocycles. The van der Waals surface area contributed by atoms with E-state index in [9.17, 15) is 4.79 Å². The number of benzene rings is 1. The summed E-state index contributed by atoms with van der Waals surface area (Å²) in [5, 5.41) is 0.746. The van der Waals surface area contributed by atoms with Crippen LogP contribution in [0.15, 0.2) is 36.5 Å². The van der Waals surface area contributed by atoms with Crippen molar-refractivity contribution in [2.24, 2.45) is 5.92 Å². The highest BCUT2D eigenvalue weighted by Crippen LogP contribution is 2.44. The topological polar surface area (TPSA) is 42.4 Å². The van der Waals surface area contributed by atoms with E-state index in [2.05, 4.69) is 32.1 Å². The number of halogens is 1. The largest absolute Gasteiger partial charge is 0.444 e. The third kappa shape index (κ3) is 4.27. The molecule has 30 heavy (non-hydrogen) atoms. The van der Waals surface area contributed by atoms with E-state index in [1.54, 1.807) is 0 Å². The molecule has 1 aromatic carbocycles. The van der Waals surface area contributed by atoms with E-state index >= 15 is 0 Å². The summed E-state index contributed by atoms with van der Waals surface area (Å²) < 4.78 is 5.57. The molecule has 0 bridgehead atoms. The number of rotatable bonds is 1. The number of likely N-dealkylation sites (tertiary alicyclic amines) is 1. The van der Waals surface area contributed by atoms with Crippen LogP contribution in [0.5, 0.6) is 0 Å². The van der Waals surface area contributed by atoms with Gasteiger partial charge in [-0.1, -0.05) is 35.3 Å². The predicted octanol–water partition coefficient (Wildman–Crippen LogP) is 4.96. The van der Waals surface area contributed by atoms with Gasteiger partial charge in [-0.3, -0.25) is 4.98 Å². The molecular formula is C24H28BClN2O2. The van der Waals surface area contributed by atoms with Gasteiger partial charge in [-0.2, -0.15) is 0 Å². The van der Waals surface area contributed by atoms with Gasteiger partial charge in [0, 0.05) is 30.2 Å². The normalized spacial score (nSPS) is 19.4. The van der Waals surface area contributed by atoms with Crippen molar-refractivity contribution in [1.82, 2.24) is 9.88 Å². The molecule has 1 aliphatic heterocycles. The van der Waals surface area contributed by atoms with Crippen molar-refractivity contribution in [3.05, 3.63) is 63.9 Å². The lowest BCUT2D eigenvalue weighted by atomic mass is 9.75. The van der Waals surface area contributed by atoms with Crippen molar-refractivity contribution in [3.63, 3.8) is 0 Å². The Labute approximate surface area is 184 Å². The van der Waals surface area contributed by atoms with Gasteiger partial charge in [0.1, 0.15) is 13.4 Å². The van der Waals surface area contributed by atoms with Crippen LogP contribution in [-0.2, 0) is 4.74 Å². The zero-order valence-electron chi connectivity index (χ0n) is 18.1. The number of hydrogen-bond acceptors (Lipinski definition) is 3. The lowest BCUT2D eigenvalue weighted by Crippen LogP contribution is -2.42. The Balaban J connectivity index is 1.64. The lowest BCUT2D eigenvalue weighted by molar-refractivity contribution is 0.0178. The predicted molar refractivity (Wildman–Crippen MR) is 124 cm³/mol. The smallest absolute Gasteiger partial charge is 0.410 e. The van der Waals surface area contributed by atoms with Gasteiger partial charge in [-0.25, -0.2) is 4.79 Å². The first-order chi connectivity index (χ1) is 14.2. The Morgan fingerprint density at radius 3 is 2.67 bits per heavy atom. The number of fused-ring (bicyclic) bond motifs is 2. The minimum Gasteiger partial charge on any atom is -0.444 e. The van der Waals surface area contributed by atoms with Gasteiger partial charge < -0.3 is 9.64 Å². The van der Waals surface area contributed by atoms with Gasteiger partial charge in [-0.15, -0.1) is 0 Å². The van der Waals surface area contributed by atoms with E-state index in [0.717, 1.165) is 29.1 Å². The summed E-state index contributed by atoms with van der Waals surface area (Å²) in [7, 11) is 2.14. The van der Waals surface area contributed by atoms with Crippen LogP contribution in [0.25, 0.3) is 11.5 Å². The molecule has 1 amide bonds. The maximum absolute atomic E-state index is 12.5. The number of ether oxygens (including phenoxy) is 1. The van der Waals surface area contributed by atoms with E-state index in [4.69, 9.17) is 21.3 Å². The average Bonchev–Trinajstić information content (AvgIpc) is 2.80.